The van der Waals surface area contributed by atoms with Crippen molar-refractivity contribution in [3.8, 4) is 0 Å². The smallest absolute Gasteiger partial charge is 0.262 e. The zero-order valence-corrected chi connectivity index (χ0v) is 15.9. The van der Waals surface area contributed by atoms with Crippen molar-refractivity contribution in [1.29, 1.82) is 0 Å². The van der Waals surface area contributed by atoms with Crippen LogP contribution in [0.2, 0.25) is 0 Å². The van der Waals surface area contributed by atoms with Gasteiger partial charge in [0.25, 0.3) is 5.91 Å². The van der Waals surface area contributed by atoms with Crippen LogP contribution in [0.1, 0.15) is 33.8 Å². The molecule has 0 fully saturated rings. The first-order valence-electron chi connectivity index (χ1n) is 7.86. The van der Waals surface area contributed by atoms with Crippen molar-refractivity contribution in [1.82, 2.24) is 5.32 Å². The minimum atomic E-state index is -3.22. The standard InChI is InChI=1S/C19H19NO3S2/c1-12-16-6-4-5-7-17(16)24-18(12)19(21)20-13(2)14-8-10-15(11-9-14)25(3,22)23/h4-11,13H,1-3H3,(H,20,21)/t13-/m1/s1. The average molecular weight is 373 g/mol. The highest BCUT2D eigenvalue weighted by Crippen LogP contribution is 2.31. The molecule has 0 aliphatic rings. The van der Waals surface area contributed by atoms with E-state index in [0.717, 1.165) is 21.2 Å². The predicted octanol–water partition coefficient (Wildman–Crippen LogP) is 4.10. The molecule has 0 aliphatic carbocycles. The van der Waals surface area contributed by atoms with Crippen LogP contribution in [0, 0.1) is 6.92 Å². The van der Waals surface area contributed by atoms with Crippen LogP contribution in [-0.4, -0.2) is 20.6 Å². The number of thiophene rings is 1. The van der Waals surface area contributed by atoms with Gasteiger partial charge in [0.1, 0.15) is 0 Å². The normalized spacial score (nSPS) is 12.9. The first-order valence-corrected chi connectivity index (χ1v) is 10.6. The molecule has 1 aromatic heterocycles. The van der Waals surface area contributed by atoms with E-state index >= 15 is 0 Å². The Labute approximate surface area is 151 Å². The summed E-state index contributed by atoms with van der Waals surface area (Å²) in [4.78, 5) is 13.6. The molecule has 0 saturated heterocycles. The van der Waals surface area contributed by atoms with Crippen molar-refractivity contribution >= 4 is 37.2 Å². The second-order valence-electron chi connectivity index (χ2n) is 6.09. The molecule has 2 aromatic carbocycles. The van der Waals surface area contributed by atoms with E-state index in [1.807, 2.05) is 38.1 Å². The van der Waals surface area contributed by atoms with Crippen LogP contribution in [0.3, 0.4) is 0 Å². The monoisotopic (exact) mass is 373 g/mol. The maximum Gasteiger partial charge on any atom is 0.262 e. The predicted molar refractivity (Wildman–Crippen MR) is 102 cm³/mol. The summed E-state index contributed by atoms with van der Waals surface area (Å²) in [6.07, 6.45) is 1.18. The van der Waals surface area contributed by atoms with Gasteiger partial charge in [-0.05, 0) is 48.6 Å². The minimum absolute atomic E-state index is 0.113. The van der Waals surface area contributed by atoms with Gasteiger partial charge in [0.15, 0.2) is 9.84 Å². The van der Waals surface area contributed by atoms with E-state index in [4.69, 9.17) is 0 Å². The van der Waals surface area contributed by atoms with E-state index < -0.39 is 9.84 Å². The molecule has 0 unspecified atom stereocenters. The van der Waals surface area contributed by atoms with Crippen LogP contribution >= 0.6 is 11.3 Å². The van der Waals surface area contributed by atoms with Gasteiger partial charge in [-0.2, -0.15) is 0 Å². The van der Waals surface area contributed by atoms with Crippen molar-refractivity contribution in [3.05, 3.63) is 64.5 Å². The lowest BCUT2D eigenvalue weighted by atomic mass is 10.1. The molecule has 0 saturated carbocycles. The van der Waals surface area contributed by atoms with Crippen molar-refractivity contribution in [2.45, 2.75) is 24.8 Å². The SMILES string of the molecule is Cc1c(C(=O)N[C@H](C)c2ccc(S(C)(=O)=O)cc2)sc2ccccc12. The molecule has 0 aliphatic heterocycles. The Bertz CT molecular complexity index is 1030. The molecule has 3 aromatic rings. The van der Waals surface area contributed by atoms with Gasteiger partial charge in [-0.1, -0.05) is 30.3 Å². The number of hydrogen-bond donors (Lipinski definition) is 1. The molecule has 130 valence electrons. The summed E-state index contributed by atoms with van der Waals surface area (Å²) >= 11 is 1.48. The highest BCUT2D eigenvalue weighted by molar-refractivity contribution is 7.90. The van der Waals surface area contributed by atoms with Gasteiger partial charge in [0, 0.05) is 11.0 Å². The molecule has 0 bridgehead atoms. The Balaban J connectivity index is 1.81. The molecule has 1 N–H and O–H groups in total. The number of carbonyl (C=O) groups is 1. The van der Waals surface area contributed by atoms with Crippen LogP contribution < -0.4 is 5.32 Å². The Morgan fingerprint density at radius 2 is 1.72 bits per heavy atom. The number of hydrogen-bond acceptors (Lipinski definition) is 4. The van der Waals surface area contributed by atoms with E-state index in [9.17, 15) is 13.2 Å². The third-order valence-electron chi connectivity index (χ3n) is 4.21. The van der Waals surface area contributed by atoms with Crippen molar-refractivity contribution < 1.29 is 13.2 Å². The number of benzene rings is 2. The lowest BCUT2D eigenvalue weighted by molar-refractivity contribution is 0.0943. The molecular weight excluding hydrogens is 354 g/mol. The number of nitrogens with one attached hydrogen (secondary N) is 1. The van der Waals surface area contributed by atoms with Crippen LogP contribution in [0.15, 0.2) is 53.4 Å². The summed E-state index contributed by atoms with van der Waals surface area (Å²) in [5.74, 6) is -0.113. The number of rotatable bonds is 4. The lowest BCUT2D eigenvalue weighted by Gasteiger charge is -2.14. The quantitative estimate of drug-likeness (QED) is 0.749. The summed E-state index contributed by atoms with van der Waals surface area (Å²) < 4.78 is 24.2. The number of carbonyl (C=O) groups excluding carboxylic acids is 1. The molecule has 3 rings (SSSR count). The van der Waals surface area contributed by atoms with Crippen molar-refractivity contribution in [2.24, 2.45) is 0 Å². The summed E-state index contributed by atoms with van der Waals surface area (Å²) in [5.41, 5.74) is 1.84. The largest absolute Gasteiger partial charge is 0.345 e. The van der Waals surface area contributed by atoms with E-state index in [2.05, 4.69) is 5.32 Å². The highest BCUT2D eigenvalue weighted by atomic mass is 32.2. The summed E-state index contributed by atoms with van der Waals surface area (Å²) in [6.45, 7) is 3.84. The number of aryl methyl sites for hydroxylation is 1. The van der Waals surface area contributed by atoms with Crippen LogP contribution in [0.25, 0.3) is 10.1 Å². The van der Waals surface area contributed by atoms with Crippen molar-refractivity contribution in [2.75, 3.05) is 6.26 Å². The van der Waals surface area contributed by atoms with Gasteiger partial charge in [-0.3, -0.25) is 4.79 Å². The Morgan fingerprint density at radius 1 is 1.08 bits per heavy atom. The molecule has 4 nitrogen and oxygen atoms in total. The molecule has 1 heterocycles. The maximum absolute atomic E-state index is 12.6. The number of amides is 1. The van der Waals surface area contributed by atoms with Gasteiger partial charge >= 0.3 is 0 Å². The highest BCUT2D eigenvalue weighted by Gasteiger charge is 2.18. The first kappa shape index (κ1) is 17.6. The van der Waals surface area contributed by atoms with Gasteiger partial charge in [0.2, 0.25) is 0 Å². The number of fused-ring (bicyclic) bond motifs is 1. The second-order valence-corrected chi connectivity index (χ2v) is 9.16. The summed E-state index contributed by atoms with van der Waals surface area (Å²) in [6, 6.07) is 14.4. The van der Waals surface area contributed by atoms with Crippen LogP contribution in [-0.2, 0) is 9.84 Å². The fourth-order valence-electron chi connectivity index (χ4n) is 2.74. The summed E-state index contributed by atoms with van der Waals surface area (Å²) in [5, 5.41) is 4.09. The fraction of sp³-hybridized carbons (Fsp3) is 0.211. The van der Waals surface area contributed by atoms with E-state index in [1.54, 1.807) is 24.3 Å². The van der Waals surface area contributed by atoms with Gasteiger partial charge < -0.3 is 5.32 Å². The topological polar surface area (TPSA) is 63.2 Å². The molecular formula is C19H19NO3S2. The molecule has 0 radical (unpaired) electrons. The van der Waals surface area contributed by atoms with Gasteiger partial charge in [-0.25, -0.2) is 8.42 Å². The second kappa shape index (κ2) is 6.61. The molecule has 0 spiro atoms. The third kappa shape index (κ3) is 3.60. The maximum atomic E-state index is 12.6. The Kier molecular flexibility index (Phi) is 4.67. The third-order valence-corrected chi connectivity index (χ3v) is 6.61. The lowest BCUT2D eigenvalue weighted by Crippen LogP contribution is -2.26. The molecule has 1 atom stereocenters. The van der Waals surface area contributed by atoms with E-state index in [1.165, 1.54) is 17.6 Å². The van der Waals surface area contributed by atoms with Crippen molar-refractivity contribution in [3.63, 3.8) is 0 Å². The van der Waals surface area contributed by atoms with E-state index in [-0.39, 0.29) is 16.8 Å². The average Bonchev–Trinajstić information content (AvgIpc) is 2.91. The molecule has 25 heavy (non-hydrogen) atoms. The zero-order chi connectivity index (χ0) is 18.2. The van der Waals surface area contributed by atoms with Gasteiger partial charge in [-0.15, -0.1) is 11.3 Å². The Morgan fingerprint density at radius 3 is 2.32 bits per heavy atom. The van der Waals surface area contributed by atoms with Crippen LogP contribution in [0.5, 0.6) is 0 Å². The first-order chi connectivity index (χ1) is 11.8. The number of sulfone groups is 1. The van der Waals surface area contributed by atoms with Crippen LogP contribution in [0.4, 0.5) is 0 Å². The van der Waals surface area contributed by atoms with Gasteiger partial charge in [0.05, 0.1) is 15.8 Å². The molecule has 6 heteroatoms. The van der Waals surface area contributed by atoms with E-state index in [0.29, 0.717) is 4.88 Å². The Hall–Kier alpha value is -2.18. The fourth-order valence-corrected chi connectivity index (χ4v) is 4.48. The minimum Gasteiger partial charge on any atom is -0.345 e. The summed E-state index contributed by atoms with van der Waals surface area (Å²) in [7, 11) is -3.22. The zero-order valence-electron chi connectivity index (χ0n) is 14.2. The molecule has 1 amide bonds.